The monoisotopic (exact) mass is 477 g/mol. The van der Waals surface area contributed by atoms with Crippen molar-refractivity contribution in [3.8, 4) is 0 Å². The highest BCUT2D eigenvalue weighted by Gasteiger charge is 2.19. The topological polar surface area (TPSA) is 107 Å². The normalized spacial score (nSPS) is 11.8. The van der Waals surface area contributed by atoms with Crippen molar-refractivity contribution in [1.82, 2.24) is 24.8 Å². The highest BCUT2D eigenvalue weighted by atomic mass is 35.5. The lowest BCUT2D eigenvalue weighted by Crippen LogP contribution is -2.25. The van der Waals surface area contributed by atoms with Gasteiger partial charge in [-0.05, 0) is 50.6 Å². The third kappa shape index (κ3) is 5.32. The van der Waals surface area contributed by atoms with E-state index in [0.29, 0.717) is 22.9 Å². The summed E-state index contributed by atoms with van der Waals surface area (Å²) in [6.45, 7) is 6.05. The fraction of sp³-hybridized carbons (Fsp3) is 0.208. The molecule has 0 saturated carbocycles. The van der Waals surface area contributed by atoms with Crippen molar-refractivity contribution >= 4 is 34.8 Å². The highest BCUT2D eigenvalue weighted by Crippen LogP contribution is 2.27. The number of nitrogens with zero attached hydrogens (tertiary/aromatic N) is 5. The summed E-state index contributed by atoms with van der Waals surface area (Å²) in [4.78, 5) is 25.3. The molecule has 0 aliphatic heterocycles. The molecule has 0 aliphatic rings. The van der Waals surface area contributed by atoms with Gasteiger partial charge in [-0.1, -0.05) is 47.1 Å². The van der Waals surface area contributed by atoms with E-state index in [2.05, 4.69) is 26.0 Å². The van der Waals surface area contributed by atoms with Crippen LogP contribution in [0.3, 0.4) is 0 Å². The Labute approximate surface area is 201 Å². The second-order valence-corrected chi connectivity index (χ2v) is 8.38. The van der Waals surface area contributed by atoms with Crippen LogP contribution in [-0.4, -0.2) is 36.6 Å². The maximum atomic E-state index is 12.7. The van der Waals surface area contributed by atoms with Crippen LogP contribution >= 0.6 is 11.6 Å². The number of carbonyl (C=O) groups is 2. The van der Waals surface area contributed by atoms with Gasteiger partial charge in [-0.25, -0.2) is 4.68 Å². The molecule has 2 N–H and O–H groups in total. The van der Waals surface area contributed by atoms with Gasteiger partial charge in [0.1, 0.15) is 6.04 Å². The van der Waals surface area contributed by atoms with Gasteiger partial charge >= 0.3 is 0 Å². The molecule has 0 bridgehead atoms. The van der Waals surface area contributed by atoms with Crippen LogP contribution in [0.25, 0.3) is 0 Å². The first-order chi connectivity index (χ1) is 16.3. The molecule has 2 heterocycles. The molecule has 34 heavy (non-hydrogen) atoms. The summed E-state index contributed by atoms with van der Waals surface area (Å²) in [5.74, 6) is -0.662. The summed E-state index contributed by atoms with van der Waals surface area (Å²) in [7, 11) is 0. The zero-order chi connectivity index (χ0) is 24.2. The van der Waals surface area contributed by atoms with Crippen molar-refractivity contribution in [2.24, 2.45) is 0 Å². The Bertz CT molecular complexity index is 1330. The van der Waals surface area contributed by atoms with Gasteiger partial charge in [0.15, 0.2) is 5.69 Å². The highest BCUT2D eigenvalue weighted by molar-refractivity contribution is 6.34. The van der Waals surface area contributed by atoms with Crippen molar-refractivity contribution in [3.63, 3.8) is 0 Å². The quantitative estimate of drug-likeness (QED) is 0.414. The number of nitrogens with one attached hydrogen (secondary N) is 2. The number of carbonyl (C=O) groups excluding carboxylic acids is 2. The molecule has 2 aromatic heterocycles. The average molecular weight is 478 g/mol. The number of aromatic nitrogens is 5. The minimum Gasteiger partial charge on any atom is -0.323 e. The van der Waals surface area contributed by atoms with E-state index in [4.69, 9.17) is 11.6 Å². The predicted octanol–water partition coefficient (Wildman–Crippen LogP) is 4.25. The molecule has 4 aromatic rings. The van der Waals surface area contributed by atoms with Crippen LogP contribution in [0.15, 0.2) is 60.8 Å². The van der Waals surface area contributed by atoms with Crippen LogP contribution in [0.2, 0.25) is 5.02 Å². The molecule has 1 atom stereocenters. The van der Waals surface area contributed by atoms with Crippen LogP contribution < -0.4 is 10.6 Å². The van der Waals surface area contributed by atoms with Gasteiger partial charge < -0.3 is 10.6 Å². The van der Waals surface area contributed by atoms with E-state index in [1.807, 2.05) is 50.2 Å². The van der Waals surface area contributed by atoms with Gasteiger partial charge in [0.05, 0.1) is 29.1 Å². The Kier molecular flexibility index (Phi) is 6.74. The molecule has 0 radical (unpaired) electrons. The molecule has 2 amide bonds. The SMILES string of the molecule is Cc1cc(C)n(C(C)C(=O)Nc2ccc(NC(=O)c3cn(Cc4ccccc4)nn3)cc2Cl)n1. The molecule has 2 aromatic carbocycles. The van der Waals surface area contributed by atoms with Crippen molar-refractivity contribution < 1.29 is 9.59 Å². The summed E-state index contributed by atoms with van der Waals surface area (Å²) in [5.41, 5.74) is 3.88. The Hall–Kier alpha value is -3.98. The van der Waals surface area contributed by atoms with Crippen LogP contribution in [0.4, 0.5) is 11.4 Å². The van der Waals surface area contributed by atoms with Crippen molar-refractivity contribution in [2.75, 3.05) is 10.6 Å². The third-order valence-corrected chi connectivity index (χ3v) is 5.55. The van der Waals surface area contributed by atoms with Gasteiger partial charge in [0, 0.05) is 11.4 Å². The van der Waals surface area contributed by atoms with Gasteiger partial charge in [-0.3, -0.25) is 14.3 Å². The third-order valence-electron chi connectivity index (χ3n) is 5.23. The van der Waals surface area contributed by atoms with E-state index < -0.39 is 11.9 Å². The van der Waals surface area contributed by atoms with E-state index in [1.165, 1.54) is 0 Å². The maximum Gasteiger partial charge on any atom is 0.277 e. The largest absolute Gasteiger partial charge is 0.323 e. The van der Waals surface area contributed by atoms with Crippen LogP contribution in [0, 0.1) is 13.8 Å². The average Bonchev–Trinajstić information content (AvgIpc) is 3.41. The number of benzene rings is 2. The van der Waals surface area contributed by atoms with Crippen molar-refractivity contribution in [2.45, 2.75) is 33.4 Å². The van der Waals surface area contributed by atoms with E-state index in [-0.39, 0.29) is 11.6 Å². The molecule has 0 spiro atoms. The second kappa shape index (κ2) is 9.88. The number of rotatable bonds is 7. The fourth-order valence-corrected chi connectivity index (χ4v) is 3.75. The molecule has 4 rings (SSSR count). The lowest BCUT2D eigenvalue weighted by atomic mass is 10.2. The summed E-state index contributed by atoms with van der Waals surface area (Å²) in [6.07, 6.45) is 1.58. The van der Waals surface area contributed by atoms with E-state index in [0.717, 1.165) is 17.0 Å². The molecule has 0 fully saturated rings. The number of anilines is 2. The molecule has 0 saturated heterocycles. The molecule has 9 nitrogen and oxygen atoms in total. The Balaban J connectivity index is 1.39. The van der Waals surface area contributed by atoms with Crippen LogP contribution in [0.5, 0.6) is 0 Å². The number of halogens is 1. The summed E-state index contributed by atoms with van der Waals surface area (Å²) in [6, 6.07) is 16.0. The standard InChI is InChI=1S/C24H24ClN7O2/c1-15-11-16(2)32(29-15)17(3)23(33)27-21-10-9-19(12-20(21)25)26-24(34)22-14-31(30-28-22)13-18-7-5-4-6-8-18/h4-12,14,17H,13H2,1-3H3,(H,26,34)(H,27,33). The van der Waals surface area contributed by atoms with Gasteiger partial charge in [-0.2, -0.15) is 5.10 Å². The zero-order valence-electron chi connectivity index (χ0n) is 19.0. The Morgan fingerprint density at radius 3 is 2.50 bits per heavy atom. The number of hydrogen-bond acceptors (Lipinski definition) is 5. The van der Waals surface area contributed by atoms with Gasteiger partial charge in [0.25, 0.3) is 5.91 Å². The van der Waals surface area contributed by atoms with E-state index in [9.17, 15) is 9.59 Å². The maximum absolute atomic E-state index is 12.7. The molecule has 0 aliphatic carbocycles. The molecule has 174 valence electrons. The van der Waals surface area contributed by atoms with Crippen LogP contribution in [0.1, 0.15) is 40.4 Å². The second-order valence-electron chi connectivity index (χ2n) is 7.97. The summed E-state index contributed by atoms with van der Waals surface area (Å²) >= 11 is 6.36. The van der Waals surface area contributed by atoms with Crippen molar-refractivity contribution in [3.05, 3.63) is 88.5 Å². The fourth-order valence-electron chi connectivity index (χ4n) is 3.53. The number of amides is 2. The Morgan fingerprint density at radius 2 is 1.82 bits per heavy atom. The first-order valence-corrected chi connectivity index (χ1v) is 11.1. The van der Waals surface area contributed by atoms with Crippen LogP contribution in [-0.2, 0) is 11.3 Å². The Morgan fingerprint density at radius 1 is 1.06 bits per heavy atom. The van der Waals surface area contributed by atoms with Gasteiger partial charge in [0.2, 0.25) is 5.91 Å². The zero-order valence-corrected chi connectivity index (χ0v) is 19.7. The minimum atomic E-state index is -0.511. The lowest BCUT2D eigenvalue weighted by Gasteiger charge is -2.15. The van der Waals surface area contributed by atoms with E-state index >= 15 is 0 Å². The molecule has 10 heteroatoms. The van der Waals surface area contributed by atoms with E-state index in [1.54, 1.807) is 40.7 Å². The smallest absolute Gasteiger partial charge is 0.277 e. The molecule has 1 unspecified atom stereocenters. The molecular formula is C24H24ClN7O2. The first-order valence-electron chi connectivity index (χ1n) is 10.7. The number of aryl methyl sites for hydroxylation is 2. The van der Waals surface area contributed by atoms with Gasteiger partial charge in [-0.15, -0.1) is 5.10 Å². The molecular weight excluding hydrogens is 454 g/mol. The predicted molar refractivity (Wildman–Crippen MR) is 130 cm³/mol. The minimum absolute atomic E-state index is 0.183. The first kappa shape index (κ1) is 23.2. The number of hydrogen-bond donors (Lipinski definition) is 2. The lowest BCUT2D eigenvalue weighted by molar-refractivity contribution is -0.119. The summed E-state index contributed by atoms with van der Waals surface area (Å²) in [5, 5.41) is 18.2. The summed E-state index contributed by atoms with van der Waals surface area (Å²) < 4.78 is 3.26. The van der Waals surface area contributed by atoms with Crippen molar-refractivity contribution in [1.29, 1.82) is 0 Å².